The highest BCUT2D eigenvalue weighted by molar-refractivity contribution is 5.79. The molecular formula is C15H16O2. The molecule has 0 N–H and O–H groups in total. The standard InChI is InChI=1S/C15H16O2/c1-15(2,3)14(16)17-11-5-4-9-6-10-7-12(10)13(9)8-11/h4-6,8,12H,7H2,1-3H3. The number of carbonyl (C=O) groups is 1. The van der Waals surface area contributed by atoms with Crippen LogP contribution in [0.1, 0.15) is 44.2 Å². The summed E-state index contributed by atoms with van der Waals surface area (Å²) in [6, 6.07) is 5.93. The van der Waals surface area contributed by atoms with E-state index < -0.39 is 5.41 Å². The lowest BCUT2D eigenvalue weighted by atomic mass is 9.97. The van der Waals surface area contributed by atoms with Crippen molar-refractivity contribution in [1.82, 2.24) is 0 Å². The molecule has 0 aromatic heterocycles. The number of fused-ring (bicyclic) bond motifs is 3. The molecule has 0 bridgehead atoms. The summed E-state index contributed by atoms with van der Waals surface area (Å²) < 4.78 is 5.41. The molecule has 2 aliphatic rings. The third-order valence-electron chi connectivity index (χ3n) is 3.32. The molecule has 2 heteroatoms. The Morgan fingerprint density at radius 3 is 2.82 bits per heavy atom. The first-order valence-electron chi connectivity index (χ1n) is 6.02. The maximum Gasteiger partial charge on any atom is 0.316 e. The highest BCUT2D eigenvalue weighted by Crippen LogP contribution is 2.54. The molecule has 1 saturated carbocycles. The van der Waals surface area contributed by atoms with Crippen molar-refractivity contribution in [3.8, 4) is 5.75 Å². The van der Waals surface area contributed by atoms with E-state index >= 15 is 0 Å². The van der Waals surface area contributed by atoms with Gasteiger partial charge in [0.1, 0.15) is 5.75 Å². The maximum atomic E-state index is 11.8. The molecule has 3 rings (SSSR count). The van der Waals surface area contributed by atoms with Gasteiger partial charge in [0.05, 0.1) is 5.41 Å². The van der Waals surface area contributed by atoms with Gasteiger partial charge in [0.2, 0.25) is 0 Å². The summed E-state index contributed by atoms with van der Waals surface area (Å²) in [7, 11) is 0. The molecule has 2 aliphatic carbocycles. The second-order valence-electron chi connectivity index (χ2n) is 5.91. The third kappa shape index (κ3) is 1.78. The van der Waals surface area contributed by atoms with E-state index in [0.717, 1.165) is 0 Å². The number of benzene rings is 1. The molecule has 88 valence electrons. The summed E-state index contributed by atoms with van der Waals surface area (Å²) >= 11 is 0. The van der Waals surface area contributed by atoms with Crippen molar-refractivity contribution in [3.05, 3.63) is 34.9 Å². The predicted octanol–water partition coefficient (Wildman–Crippen LogP) is 3.52. The number of ether oxygens (including phenoxy) is 1. The molecule has 1 atom stereocenters. The zero-order valence-corrected chi connectivity index (χ0v) is 10.4. The van der Waals surface area contributed by atoms with E-state index in [1.807, 2.05) is 39.0 Å². The van der Waals surface area contributed by atoms with Crippen molar-refractivity contribution in [2.24, 2.45) is 5.41 Å². The largest absolute Gasteiger partial charge is 0.426 e. The van der Waals surface area contributed by atoms with Gasteiger partial charge in [0.25, 0.3) is 0 Å². The van der Waals surface area contributed by atoms with Crippen molar-refractivity contribution in [3.63, 3.8) is 0 Å². The highest BCUT2D eigenvalue weighted by Gasteiger charge is 2.37. The minimum absolute atomic E-state index is 0.181. The fourth-order valence-corrected chi connectivity index (χ4v) is 2.16. The van der Waals surface area contributed by atoms with Gasteiger partial charge in [-0.3, -0.25) is 4.79 Å². The van der Waals surface area contributed by atoms with Gasteiger partial charge in [-0.15, -0.1) is 0 Å². The topological polar surface area (TPSA) is 26.3 Å². The molecule has 0 saturated heterocycles. The van der Waals surface area contributed by atoms with E-state index in [0.29, 0.717) is 11.7 Å². The van der Waals surface area contributed by atoms with Gasteiger partial charge in [0.15, 0.2) is 0 Å². The average Bonchev–Trinajstić information content (AvgIpc) is 2.91. The van der Waals surface area contributed by atoms with E-state index in [-0.39, 0.29) is 5.97 Å². The predicted molar refractivity (Wildman–Crippen MR) is 66.9 cm³/mol. The molecule has 1 aromatic rings. The minimum atomic E-state index is -0.456. The van der Waals surface area contributed by atoms with Crippen molar-refractivity contribution >= 4 is 12.0 Å². The van der Waals surface area contributed by atoms with Gasteiger partial charge < -0.3 is 4.74 Å². The van der Waals surface area contributed by atoms with Crippen LogP contribution in [-0.4, -0.2) is 5.97 Å². The lowest BCUT2D eigenvalue weighted by molar-refractivity contribution is -0.142. The van der Waals surface area contributed by atoms with E-state index in [4.69, 9.17) is 4.74 Å². The Hall–Kier alpha value is -1.57. The van der Waals surface area contributed by atoms with Crippen LogP contribution in [0.5, 0.6) is 5.75 Å². The van der Waals surface area contributed by atoms with Crippen LogP contribution >= 0.6 is 0 Å². The van der Waals surface area contributed by atoms with Crippen LogP contribution in [0.25, 0.3) is 6.08 Å². The van der Waals surface area contributed by atoms with Crippen LogP contribution in [0, 0.1) is 5.41 Å². The van der Waals surface area contributed by atoms with E-state index in [1.165, 1.54) is 23.1 Å². The summed E-state index contributed by atoms with van der Waals surface area (Å²) in [5.41, 5.74) is 3.66. The Kier molecular flexibility index (Phi) is 2.00. The normalized spacial score (nSPS) is 20.4. The Morgan fingerprint density at radius 1 is 1.35 bits per heavy atom. The van der Waals surface area contributed by atoms with E-state index in [9.17, 15) is 4.79 Å². The van der Waals surface area contributed by atoms with Crippen molar-refractivity contribution in [2.75, 3.05) is 0 Å². The van der Waals surface area contributed by atoms with E-state index in [2.05, 4.69) is 6.08 Å². The zero-order chi connectivity index (χ0) is 12.2. The van der Waals surface area contributed by atoms with Crippen LogP contribution < -0.4 is 4.74 Å². The first-order valence-corrected chi connectivity index (χ1v) is 6.02. The summed E-state index contributed by atoms with van der Waals surface area (Å²) in [5.74, 6) is 1.10. The van der Waals surface area contributed by atoms with Crippen LogP contribution in [0.2, 0.25) is 0 Å². The lowest BCUT2D eigenvalue weighted by Crippen LogP contribution is -2.25. The van der Waals surface area contributed by atoms with Gasteiger partial charge in [-0.25, -0.2) is 0 Å². The van der Waals surface area contributed by atoms with Gasteiger partial charge >= 0.3 is 5.97 Å². The number of carbonyl (C=O) groups excluding carboxylic acids is 1. The molecular weight excluding hydrogens is 212 g/mol. The quantitative estimate of drug-likeness (QED) is 0.543. The Bertz CT molecular complexity index is 532. The second kappa shape index (κ2) is 3.22. The van der Waals surface area contributed by atoms with E-state index in [1.54, 1.807) is 0 Å². The summed E-state index contributed by atoms with van der Waals surface area (Å²) in [6.45, 7) is 5.59. The van der Waals surface area contributed by atoms with Crippen molar-refractivity contribution in [2.45, 2.75) is 33.1 Å². The van der Waals surface area contributed by atoms with Gasteiger partial charge in [0, 0.05) is 5.92 Å². The number of rotatable bonds is 1. The molecule has 0 aliphatic heterocycles. The number of esters is 1. The van der Waals surface area contributed by atoms with Crippen LogP contribution in [0.4, 0.5) is 0 Å². The molecule has 0 amide bonds. The first kappa shape index (κ1) is 10.6. The summed E-state index contributed by atoms with van der Waals surface area (Å²) in [6.07, 6.45) is 3.43. The third-order valence-corrected chi connectivity index (χ3v) is 3.32. The smallest absolute Gasteiger partial charge is 0.316 e. The van der Waals surface area contributed by atoms with Crippen LogP contribution in [0.3, 0.4) is 0 Å². The lowest BCUT2D eigenvalue weighted by Gasteiger charge is -2.16. The molecule has 0 radical (unpaired) electrons. The molecule has 17 heavy (non-hydrogen) atoms. The SMILES string of the molecule is CC(C)(C)C(=O)Oc1ccc2c(c1)C1CC1=C2. The van der Waals surface area contributed by atoms with Gasteiger partial charge in [-0.2, -0.15) is 0 Å². The monoisotopic (exact) mass is 228 g/mol. The Morgan fingerprint density at radius 2 is 2.12 bits per heavy atom. The molecule has 1 fully saturated rings. The molecule has 1 aromatic carbocycles. The first-order chi connectivity index (χ1) is 7.95. The molecule has 1 unspecified atom stereocenters. The Labute approximate surface area is 101 Å². The maximum absolute atomic E-state index is 11.8. The highest BCUT2D eigenvalue weighted by atomic mass is 16.5. The number of hydrogen-bond acceptors (Lipinski definition) is 2. The van der Waals surface area contributed by atoms with Crippen molar-refractivity contribution in [1.29, 1.82) is 0 Å². The molecule has 2 nitrogen and oxygen atoms in total. The number of allylic oxidation sites excluding steroid dienone is 1. The van der Waals surface area contributed by atoms with Gasteiger partial charge in [-0.05, 0) is 50.5 Å². The van der Waals surface area contributed by atoms with Crippen LogP contribution in [0.15, 0.2) is 23.8 Å². The summed E-state index contributed by atoms with van der Waals surface area (Å²) in [4.78, 5) is 11.8. The minimum Gasteiger partial charge on any atom is -0.426 e. The van der Waals surface area contributed by atoms with Crippen molar-refractivity contribution < 1.29 is 9.53 Å². The second-order valence-corrected chi connectivity index (χ2v) is 5.91. The van der Waals surface area contributed by atoms with Gasteiger partial charge in [-0.1, -0.05) is 17.7 Å². The fourth-order valence-electron chi connectivity index (χ4n) is 2.16. The fraction of sp³-hybridized carbons (Fsp3) is 0.400. The number of hydrogen-bond donors (Lipinski definition) is 0. The molecule has 0 heterocycles. The van der Waals surface area contributed by atoms with Crippen LogP contribution in [-0.2, 0) is 4.79 Å². The summed E-state index contributed by atoms with van der Waals surface area (Å²) in [5, 5.41) is 0. The average molecular weight is 228 g/mol. The zero-order valence-electron chi connectivity index (χ0n) is 10.4. The molecule has 0 spiro atoms. The Balaban J connectivity index is 1.83.